The minimum atomic E-state index is 0.515. The van der Waals surface area contributed by atoms with Gasteiger partial charge in [0.25, 0.3) is 0 Å². The number of thiophene rings is 1. The number of rotatable bonds is 6. The van der Waals surface area contributed by atoms with E-state index in [4.69, 9.17) is 4.74 Å². The molecule has 4 rings (SSSR count). The average Bonchev–Trinajstić information content (AvgIpc) is 3.36. The zero-order chi connectivity index (χ0) is 16.9. The number of hydrogen-bond donors (Lipinski definition) is 1. The van der Waals surface area contributed by atoms with Crippen LogP contribution in [-0.4, -0.2) is 19.2 Å². The van der Waals surface area contributed by atoms with Crippen LogP contribution >= 0.6 is 11.3 Å². The molecule has 2 nitrogen and oxygen atoms in total. The third-order valence-electron chi connectivity index (χ3n) is 4.75. The van der Waals surface area contributed by atoms with Crippen LogP contribution in [0.3, 0.4) is 0 Å². The molecule has 1 atom stereocenters. The highest BCUT2D eigenvalue weighted by Crippen LogP contribution is 2.23. The lowest BCUT2D eigenvalue weighted by molar-refractivity contribution is 0.277. The van der Waals surface area contributed by atoms with Crippen molar-refractivity contribution in [3.05, 3.63) is 76.5 Å². The van der Waals surface area contributed by atoms with Gasteiger partial charge < -0.3 is 10.1 Å². The first-order valence-electron chi connectivity index (χ1n) is 8.93. The quantitative estimate of drug-likeness (QED) is 0.665. The van der Waals surface area contributed by atoms with E-state index in [0.717, 1.165) is 25.3 Å². The zero-order valence-electron chi connectivity index (χ0n) is 14.3. The van der Waals surface area contributed by atoms with Crippen LogP contribution in [0.25, 0.3) is 11.1 Å². The Labute approximate surface area is 153 Å². The molecule has 3 aromatic rings. The summed E-state index contributed by atoms with van der Waals surface area (Å²) in [5, 5.41) is 7.77. The van der Waals surface area contributed by atoms with Gasteiger partial charge >= 0.3 is 0 Å². The Kier molecular flexibility index (Phi) is 5.14. The Morgan fingerprint density at radius 2 is 1.68 bits per heavy atom. The molecule has 0 unspecified atom stereocenters. The summed E-state index contributed by atoms with van der Waals surface area (Å²) in [6, 6.07) is 20.1. The van der Waals surface area contributed by atoms with Crippen molar-refractivity contribution in [1.29, 1.82) is 0 Å². The minimum absolute atomic E-state index is 0.515. The first-order chi connectivity index (χ1) is 12.4. The van der Waals surface area contributed by atoms with E-state index in [0.29, 0.717) is 6.04 Å². The molecule has 0 aliphatic carbocycles. The highest BCUT2D eigenvalue weighted by atomic mass is 32.1. The SMILES string of the molecule is c1cc(-c2ccc(Cc3ccc(OC[C@@H]4CCCN4)cc3)cc2)cs1. The van der Waals surface area contributed by atoms with Crippen molar-refractivity contribution < 1.29 is 4.74 Å². The molecule has 1 aliphatic heterocycles. The molecular weight excluding hydrogens is 326 g/mol. The van der Waals surface area contributed by atoms with Crippen LogP contribution in [0.2, 0.25) is 0 Å². The Balaban J connectivity index is 1.34. The van der Waals surface area contributed by atoms with Crippen molar-refractivity contribution in [2.75, 3.05) is 13.2 Å². The highest BCUT2D eigenvalue weighted by molar-refractivity contribution is 7.08. The Bertz CT molecular complexity index is 772. The fourth-order valence-electron chi connectivity index (χ4n) is 3.28. The van der Waals surface area contributed by atoms with Crippen LogP contribution in [0.4, 0.5) is 0 Å². The van der Waals surface area contributed by atoms with E-state index in [1.807, 2.05) is 0 Å². The van der Waals surface area contributed by atoms with E-state index in [-0.39, 0.29) is 0 Å². The molecule has 0 bridgehead atoms. The minimum Gasteiger partial charge on any atom is -0.492 e. The number of hydrogen-bond acceptors (Lipinski definition) is 3. The molecule has 1 aliphatic rings. The summed E-state index contributed by atoms with van der Waals surface area (Å²) >= 11 is 1.74. The molecule has 1 fully saturated rings. The van der Waals surface area contributed by atoms with Crippen molar-refractivity contribution in [2.45, 2.75) is 25.3 Å². The van der Waals surface area contributed by atoms with Crippen molar-refractivity contribution in [2.24, 2.45) is 0 Å². The van der Waals surface area contributed by atoms with E-state index in [9.17, 15) is 0 Å². The fourth-order valence-corrected chi connectivity index (χ4v) is 3.94. The first kappa shape index (κ1) is 16.4. The van der Waals surface area contributed by atoms with Gasteiger partial charge in [0.1, 0.15) is 12.4 Å². The van der Waals surface area contributed by atoms with Gasteiger partial charge in [-0.15, -0.1) is 0 Å². The van der Waals surface area contributed by atoms with Gasteiger partial charge in [-0.05, 0) is 77.0 Å². The average molecular weight is 349 g/mol. The second-order valence-corrected chi connectivity index (χ2v) is 7.41. The molecule has 0 saturated carbocycles. The second kappa shape index (κ2) is 7.85. The monoisotopic (exact) mass is 349 g/mol. The maximum absolute atomic E-state index is 5.89. The smallest absolute Gasteiger partial charge is 0.119 e. The molecule has 3 heteroatoms. The van der Waals surface area contributed by atoms with Crippen molar-refractivity contribution in [1.82, 2.24) is 5.32 Å². The van der Waals surface area contributed by atoms with Crippen molar-refractivity contribution in [3.63, 3.8) is 0 Å². The maximum atomic E-state index is 5.89. The fraction of sp³-hybridized carbons (Fsp3) is 0.273. The highest BCUT2D eigenvalue weighted by Gasteiger charge is 2.14. The van der Waals surface area contributed by atoms with Crippen molar-refractivity contribution >= 4 is 11.3 Å². The van der Waals surface area contributed by atoms with Gasteiger partial charge in [-0.1, -0.05) is 36.4 Å². The van der Waals surface area contributed by atoms with Gasteiger partial charge in [-0.3, -0.25) is 0 Å². The van der Waals surface area contributed by atoms with Crippen LogP contribution in [-0.2, 0) is 6.42 Å². The second-order valence-electron chi connectivity index (χ2n) is 6.63. The van der Waals surface area contributed by atoms with E-state index in [2.05, 4.69) is 70.7 Å². The predicted octanol–water partition coefficient (Wildman–Crippen LogP) is 5.14. The first-order valence-corrected chi connectivity index (χ1v) is 9.88. The van der Waals surface area contributed by atoms with Gasteiger partial charge in [-0.2, -0.15) is 11.3 Å². The van der Waals surface area contributed by atoms with Gasteiger partial charge in [0, 0.05) is 6.04 Å². The van der Waals surface area contributed by atoms with E-state index in [1.54, 1.807) is 11.3 Å². The largest absolute Gasteiger partial charge is 0.492 e. The molecule has 2 heterocycles. The summed E-state index contributed by atoms with van der Waals surface area (Å²) in [5.41, 5.74) is 5.24. The third kappa shape index (κ3) is 4.30. The van der Waals surface area contributed by atoms with Gasteiger partial charge in [0.05, 0.1) is 0 Å². The lowest BCUT2D eigenvalue weighted by Gasteiger charge is -2.12. The normalized spacial score (nSPS) is 16.9. The number of benzene rings is 2. The van der Waals surface area contributed by atoms with Crippen LogP contribution in [0, 0.1) is 0 Å². The van der Waals surface area contributed by atoms with Crippen molar-refractivity contribution in [3.8, 4) is 16.9 Å². The zero-order valence-corrected chi connectivity index (χ0v) is 15.1. The number of nitrogens with one attached hydrogen (secondary N) is 1. The number of ether oxygens (including phenoxy) is 1. The van der Waals surface area contributed by atoms with Gasteiger partial charge in [-0.25, -0.2) is 0 Å². The Morgan fingerprint density at radius 1 is 0.920 bits per heavy atom. The molecule has 128 valence electrons. The summed E-state index contributed by atoms with van der Waals surface area (Å²) in [6.45, 7) is 1.89. The third-order valence-corrected chi connectivity index (χ3v) is 5.44. The predicted molar refractivity (Wildman–Crippen MR) is 106 cm³/mol. The van der Waals surface area contributed by atoms with Crippen LogP contribution in [0.5, 0.6) is 5.75 Å². The van der Waals surface area contributed by atoms with E-state index < -0.39 is 0 Å². The van der Waals surface area contributed by atoms with Crippen LogP contribution in [0.15, 0.2) is 65.4 Å². The summed E-state index contributed by atoms with van der Waals surface area (Å²) < 4.78 is 5.89. The van der Waals surface area contributed by atoms with Gasteiger partial charge in [0.2, 0.25) is 0 Å². The molecule has 1 saturated heterocycles. The summed E-state index contributed by atoms with van der Waals surface area (Å²) in [4.78, 5) is 0. The standard InChI is InChI=1S/C22H23NOS/c1-2-21(23-12-1)15-24-22-9-5-18(6-10-22)14-17-3-7-19(8-4-17)20-11-13-25-16-20/h3-11,13,16,21,23H,1-2,12,14-15H2/t21-/m0/s1. The summed E-state index contributed by atoms with van der Waals surface area (Å²) in [7, 11) is 0. The summed E-state index contributed by atoms with van der Waals surface area (Å²) in [6.07, 6.45) is 3.44. The molecule has 1 aromatic heterocycles. The molecule has 2 aromatic carbocycles. The molecule has 0 spiro atoms. The van der Waals surface area contributed by atoms with Gasteiger partial charge in [0.15, 0.2) is 0 Å². The van der Waals surface area contributed by atoms with E-state index in [1.165, 1.54) is 35.1 Å². The Hall–Kier alpha value is -2.10. The van der Waals surface area contributed by atoms with Crippen LogP contribution < -0.4 is 10.1 Å². The van der Waals surface area contributed by atoms with E-state index >= 15 is 0 Å². The molecular formula is C22H23NOS. The Morgan fingerprint density at radius 3 is 2.32 bits per heavy atom. The molecule has 25 heavy (non-hydrogen) atoms. The lowest BCUT2D eigenvalue weighted by Crippen LogP contribution is -2.28. The molecule has 0 amide bonds. The lowest BCUT2D eigenvalue weighted by atomic mass is 10.0. The summed E-state index contributed by atoms with van der Waals surface area (Å²) in [5.74, 6) is 0.963. The topological polar surface area (TPSA) is 21.3 Å². The molecule has 0 radical (unpaired) electrons. The maximum Gasteiger partial charge on any atom is 0.119 e. The molecule has 1 N–H and O–H groups in total. The van der Waals surface area contributed by atoms with Crippen LogP contribution in [0.1, 0.15) is 24.0 Å².